The number of nitrogens with zero attached hydrogens (tertiary/aromatic N) is 3. The van der Waals surface area contributed by atoms with E-state index in [2.05, 4.69) is 16.4 Å². The normalized spacial score (nSPS) is 13.2. The van der Waals surface area contributed by atoms with Gasteiger partial charge in [0.25, 0.3) is 0 Å². The van der Waals surface area contributed by atoms with E-state index >= 15 is 0 Å². The van der Waals surface area contributed by atoms with Crippen molar-refractivity contribution in [3.8, 4) is 11.8 Å². The van der Waals surface area contributed by atoms with Gasteiger partial charge in [0.05, 0.1) is 0 Å². The number of hydrogen-bond donors (Lipinski definition) is 1. The molecule has 1 N–H and O–H groups in total. The van der Waals surface area contributed by atoms with Crippen LogP contribution in [0.3, 0.4) is 0 Å². The Labute approximate surface area is 117 Å². The molecule has 0 saturated heterocycles. The van der Waals surface area contributed by atoms with Gasteiger partial charge < -0.3 is 14.6 Å². The summed E-state index contributed by atoms with van der Waals surface area (Å²) >= 11 is 0. The maximum absolute atomic E-state index is 9.12. The van der Waals surface area contributed by atoms with Crippen molar-refractivity contribution in [2.24, 2.45) is 0 Å². The SMILES string of the molecule is Cc1ccc(OCc2nc(C#N)c3n2CCCN3)cc1. The quantitative estimate of drug-likeness (QED) is 0.928. The van der Waals surface area contributed by atoms with Crippen molar-refractivity contribution in [2.75, 3.05) is 11.9 Å². The molecule has 1 aliphatic rings. The number of nitriles is 1. The van der Waals surface area contributed by atoms with Gasteiger partial charge in [-0.3, -0.25) is 0 Å². The smallest absolute Gasteiger partial charge is 0.183 e. The van der Waals surface area contributed by atoms with Crippen LogP contribution in [0.4, 0.5) is 5.82 Å². The molecular formula is C15H16N4O. The second kappa shape index (κ2) is 5.25. The van der Waals surface area contributed by atoms with E-state index in [0.717, 1.165) is 36.9 Å². The molecule has 1 aromatic heterocycles. The predicted molar refractivity (Wildman–Crippen MR) is 75.6 cm³/mol. The number of aromatic nitrogens is 2. The predicted octanol–water partition coefficient (Wildman–Crippen LogP) is 2.46. The van der Waals surface area contributed by atoms with E-state index in [0.29, 0.717) is 12.3 Å². The molecule has 3 rings (SSSR count). The van der Waals surface area contributed by atoms with Crippen LogP contribution >= 0.6 is 0 Å². The molecule has 0 bridgehead atoms. The van der Waals surface area contributed by atoms with Crippen molar-refractivity contribution >= 4 is 5.82 Å². The zero-order valence-electron chi connectivity index (χ0n) is 11.4. The largest absolute Gasteiger partial charge is 0.486 e. The van der Waals surface area contributed by atoms with Gasteiger partial charge >= 0.3 is 0 Å². The van der Waals surface area contributed by atoms with Crippen molar-refractivity contribution in [1.29, 1.82) is 5.26 Å². The van der Waals surface area contributed by atoms with Crippen molar-refractivity contribution in [3.63, 3.8) is 0 Å². The van der Waals surface area contributed by atoms with Crippen molar-refractivity contribution in [3.05, 3.63) is 41.3 Å². The standard InChI is InChI=1S/C15H16N4O/c1-11-3-5-12(6-4-11)20-10-14-18-13(9-16)15-17-7-2-8-19(14)15/h3-6,17H,2,7-8,10H2,1H3. The van der Waals surface area contributed by atoms with E-state index in [4.69, 9.17) is 10.00 Å². The molecule has 1 aromatic carbocycles. The van der Waals surface area contributed by atoms with Gasteiger partial charge in [-0.15, -0.1) is 0 Å². The third-order valence-electron chi connectivity index (χ3n) is 3.39. The second-order valence-electron chi connectivity index (χ2n) is 4.87. The number of nitrogens with one attached hydrogen (secondary N) is 1. The van der Waals surface area contributed by atoms with E-state index < -0.39 is 0 Å². The Hall–Kier alpha value is -2.48. The van der Waals surface area contributed by atoms with Crippen LogP contribution < -0.4 is 10.1 Å². The summed E-state index contributed by atoms with van der Waals surface area (Å²) in [5.74, 6) is 2.43. The Kier molecular flexibility index (Phi) is 3.30. The van der Waals surface area contributed by atoms with Crippen molar-refractivity contribution < 1.29 is 4.74 Å². The minimum atomic E-state index is 0.374. The number of hydrogen-bond acceptors (Lipinski definition) is 4. The summed E-state index contributed by atoms with van der Waals surface area (Å²) in [5, 5.41) is 12.3. The Bertz CT molecular complexity index is 652. The third kappa shape index (κ3) is 2.32. The number of anilines is 1. The second-order valence-corrected chi connectivity index (χ2v) is 4.87. The fraction of sp³-hybridized carbons (Fsp3) is 0.333. The number of benzene rings is 1. The summed E-state index contributed by atoms with van der Waals surface area (Å²) in [6.45, 7) is 4.18. The Balaban J connectivity index is 1.79. The molecule has 0 amide bonds. The number of fused-ring (bicyclic) bond motifs is 1. The molecule has 0 fully saturated rings. The van der Waals surface area contributed by atoms with Crippen LogP contribution in [-0.2, 0) is 13.2 Å². The first-order chi connectivity index (χ1) is 9.78. The minimum Gasteiger partial charge on any atom is -0.486 e. The topological polar surface area (TPSA) is 62.9 Å². The number of imidazole rings is 1. The highest BCUT2D eigenvalue weighted by molar-refractivity contribution is 5.51. The van der Waals surface area contributed by atoms with E-state index in [-0.39, 0.29) is 0 Å². The van der Waals surface area contributed by atoms with Crippen LogP contribution in [0.5, 0.6) is 5.75 Å². The molecule has 2 aromatic rings. The fourth-order valence-corrected chi connectivity index (χ4v) is 2.33. The molecule has 20 heavy (non-hydrogen) atoms. The Morgan fingerprint density at radius 3 is 2.95 bits per heavy atom. The Morgan fingerprint density at radius 2 is 2.20 bits per heavy atom. The molecule has 5 heteroatoms. The van der Waals surface area contributed by atoms with E-state index in [9.17, 15) is 0 Å². The average Bonchev–Trinajstić information content (AvgIpc) is 2.85. The van der Waals surface area contributed by atoms with Gasteiger partial charge in [0.2, 0.25) is 0 Å². The molecule has 1 aliphatic heterocycles. The Morgan fingerprint density at radius 1 is 1.40 bits per heavy atom. The fourth-order valence-electron chi connectivity index (χ4n) is 2.33. The zero-order chi connectivity index (χ0) is 13.9. The number of rotatable bonds is 3. The lowest BCUT2D eigenvalue weighted by atomic mass is 10.2. The van der Waals surface area contributed by atoms with Gasteiger partial charge in [0.1, 0.15) is 30.1 Å². The summed E-state index contributed by atoms with van der Waals surface area (Å²) in [6, 6.07) is 10.0. The molecule has 0 spiro atoms. The van der Waals surface area contributed by atoms with E-state index in [1.165, 1.54) is 5.56 Å². The minimum absolute atomic E-state index is 0.374. The third-order valence-corrected chi connectivity index (χ3v) is 3.39. The van der Waals surface area contributed by atoms with Crippen LogP contribution in [0.2, 0.25) is 0 Å². The molecule has 0 aliphatic carbocycles. The highest BCUT2D eigenvalue weighted by Gasteiger charge is 2.19. The van der Waals surface area contributed by atoms with Gasteiger partial charge in [-0.2, -0.15) is 5.26 Å². The molecule has 0 radical (unpaired) electrons. The molecule has 0 unspecified atom stereocenters. The van der Waals surface area contributed by atoms with Gasteiger partial charge in [0, 0.05) is 13.1 Å². The van der Waals surface area contributed by atoms with Crippen LogP contribution in [0.1, 0.15) is 23.5 Å². The molecule has 5 nitrogen and oxygen atoms in total. The lowest BCUT2D eigenvalue weighted by molar-refractivity contribution is 0.288. The van der Waals surface area contributed by atoms with Crippen LogP contribution in [0.15, 0.2) is 24.3 Å². The zero-order valence-corrected chi connectivity index (χ0v) is 11.4. The number of aryl methyl sites for hydroxylation is 1. The molecule has 2 heterocycles. The molecule has 0 saturated carbocycles. The van der Waals surface area contributed by atoms with E-state index in [1.807, 2.05) is 35.8 Å². The van der Waals surface area contributed by atoms with Crippen LogP contribution in [0, 0.1) is 18.3 Å². The van der Waals surface area contributed by atoms with Crippen molar-refractivity contribution in [1.82, 2.24) is 9.55 Å². The van der Waals surface area contributed by atoms with Gasteiger partial charge in [-0.25, -0.2) is 4.98 Å². The maximum Gasteiger partial charge on any atom is 0.183 e. The van der Waals surface area contributed by atoms with Crippen LogP contribution in [0.25, 0.3) is 0 Å². The highest BCUT2D eigenvalue weighted by Crippen LogP contribution is 2.22. The lowest BCUT2D eigenvalue weighted by Gasteiger charge is -2.18. The summed E-state index contributed by atoms with van der Waals surface area (Å²) in [4.78, 5) is 4.36. The summed E-state index contributed by atoms with van der Waals surface area (Å²) in [6.07, 6.45) is 1.03. The maximum atomic E-state index is 9.12. The van der Waals surface area contributed by atoms with Gasteiger partial charge in [-0.1, -0.05) is 17.7 Å². The molecule has 102 valence electrons. The van der Waals surface area contributed by atoms with Crippen molar-refractivity contribution in [2.45, 2.75) is 26.5 Å². The average molecular weight is 268 g/mol. The first-order valence-electron chi connectivity index (χ1n) is 6.71. The molecular weight excluding hydrogens is 252 g/mol. The number of ether oxygens (including phenoxy) is 1. The summed E-state index contributed by atoms with van der Waals surface area (Å²) in [5.41, 5.74) is 1.65. The van der Waals surface area contributed by atoms with Gasteiger partial charge in [-0.05, 0) is 25.5 Å². The van der Waals surface area contributed by atoms with Crippen LogP contribution in [-0.4, -0.2) is 16.1 Å². The van der Waals surface area contributed by atoms with E-state index in [1.54, 1.807) is 0 Å². The monoisotopic (exact) mass is 268 g/mol. The van der Waals surface area contributed by atoms with Gasteiger partial charge in [0.15, 0.2) is 5.69 Å². The first kappa shape index (κ1) is 12.5. The highest BCUT2D eigenvalue weighted by atomic mass is 16.5. The first-order valence-corrected chi connectivity index (χ1v) is 6.71. The lowest BCUT2D eigenvalue weighted by Crippen LogP contribution is -2.19. The molecule has 0 atom stereocenters. The summed E-state index contributed by atoms with van der Waals surface area (Å²) < 4.78 is 7.79. The summed E-state index contributed by atoms with van der Waals surface area (Å²) in [7, 11) is 0.